The maximum absolute atomic E-state index is 12.7. The molecule has 26 heavy (non-hydrogen) atoms. The van der Waals surface area contributed by atoms with Gasteiger partial charge in [0.05, 0.1) is 6.10 Å². The van der Waals surface area contributed by atoms with Crippen molar-refractivity contribution in [3.8, 4) is 5.75 Å². The van der Waals surface area contributed by atoms with Crippen molar-refractivity contribution in [1.29, 1.82) is 0 Å². The number of halogens is 2. The fourth-order valence-electron chi connectivity index (χ4n) is 2.67. The maximum Gasteiger partial charge on any atom is 0.244 e. The molecule has 150 valence electrons. The molecule has 0 aromatic heterocycles. The topological polar surface area (TPSA) is 76.7 Å². The standard InChI is InChI=1S/C17H27ClN2O4S.ClH/c1-3-19-13(2)11-20-25(21,22)17-10-14(18)7-8-16(17)24-12-15-6-4-5-9-23-15;/h7-8,10,13,15,19-20H,3-6,9,11-12H2,1-2H3;1H/t13-,15?;/m1./s1. The van der Waals surface area contributed by atoms with Crippen LogP contribution in [0.4, 0.5) is 0 Å². The van der Waals surface area contributed by atoms with E-state index in [0.29, 0.717) is 17.4 Å². The molecule has 1 aliphatic heterocycles. The summed E-state index contributed by atoms with van der Waals surface area (Å²) in [4.78, 5) is 0.0551. The van der Waals surface area contributed by atoms with Gasteiger partial charge in [0.15, 0.2) is 0 Å². The highest BCUT2D eigenvalue weighted by molar-refractivity contribution is 7.89. The molecule has 0 saturated carbocycles. The minimum absolute atomic E-state index is 0. The zero-order valence-electron chi connectivity index (χ0n) is 15.2. The van der Waals surface area contributed by atoms with Crippen LogP contribution in [-0.4, -0.2) is 46.9 Å². The van der Waals surface area contributed by atoms with Crippen LogP contribution < -0.4 is 14.8 Å². The molecule has 9 heteroatoms. The molecule has 1 fully saturated rings. The lowest BCUT2D eigenvalue weighted by atomic mass is 10.1. The van der Waals surface area contributed by atoms with E-state index in [2.05, 4.69) is 10.0 Å². The van der Waals surface area contributed by atoms with Crippen molar-refractivity contribution in [3.05, 3.63) is 23.2 Å². The first-order chi connectivity index (χ1) is 11.9. The summed E-state index contributed by atoms with van der Waals surface area (Å²) in [6.07, 6.45) is 3.09. The molecule has 0 spiro atoms. The van der Waals surface area contributed by atoms with Crippen molar-refractivity contribution >= 4 is 34.0 Å². The number of hydrogen-bond donors (Lipinski definition) is 2. The summed E-state index contributed by atoms with van der Waals surface area (Å²) in [6, 6.07) is 4.66. The minimum Gasteiger partial charge on any atom is -0.489 e. The van der Waals surface area contributed by atoms with Crippen LogP contribution in [0.1, 0.15) is 33.1 Å². The van der Waals surface area contributed by atoms with Gasteiger partial charge in [-0.15, -0.1) is 12.4 Å². The molecule has 0 bridgehead atoms. The molecular weight excluding hydrogens is 399 g/mol. The van der Waals surface area contributed by atoms with Gasteiger partial charge in [-0.05, 0) is 50.9 Å². The smallest absolute Gasteiger partial charge is 0.244 e. The fourth-order valence-corrected chi connectivity index (χ4v) is 4.20. The van der Waals surface area contributed by atoms with Gasteiger partial charge >= 0.3 is 0 Å². The monoisotopic (exact) mass is 426 g/mol. The van der Waals surface area contributed by atoms with Gasteiger partial charge in [-0.3, -0.25) is 0 Å². The van der Waals surface area contributed by atoms with E-state index in [1.54, 1.807) is 12.1 Å². The highest BCUT2D eigenvalue weighted by Gasteiger charge is 2.22. The van der Waals surface area contributed by atoms with Crippen LogP contribution >= 0.6 is 24.0 Å². The Morgan fingerprint density at radius 3 is 2.81 bits per heavy atom. The van der Waals surface area contributed by atoms with Crippen molar-refractivity contribution < 1.29 is 17.9 Å². The Bertz CT molecular complexity index is 652. The number of benzene rings is 1. The van der Waals surface area contributed by atoms with Crippen LogP contribution in [0.2, 0.25) is 5.02 Å². The van der Waals surface area contributed by atoms with Crippen molar-refractivity contribution in [1.82, 2.24) is 10.0 Å². The second kappa shape index (κ2) is 11.3. The number of ether oxygens (including phenoxy) is 2. The second-order valence-electron chi connectivity index (χ2n) is 6.20. The summed E-state index contributed by atoms with van der Waals surface area (Å²) in [7, 11) is -3.72. The quantitative estimate of drug-likeness (QED) is 0.634. The molecule has 2 rings (SSSR count). The SMILES string of the molecule is CCN[C@H](C)CNS(=O)(=O)c1cc(Cl)ccc1OCC1CCCCO1.Cl. The summed E-state index contributed by atoms with van der Waals surface area (Å²) in [5, 5.41) is 3.51. The molecule has 0 aliphatic carbocycles. The Morgan fingerprint density at radius 2 is 2.15 bits per heavy atom. The zero-order valence-corrected chi connectivity index (χ0v) is 17.6. The van der Waals surface area contributed by atoms with Crippen LogP contribution in [0.3, 0.4) is 0 Å². The van der Waals surface area contributed by atoms with E-state index in [4.69, 9.17) is 21.1 Å². The average molecular weight is 427 g/mol. The van der Waals surface area contributed by atoms with Gasteiger partial charge in [-0.25, -0.2) is 13.1 Å². The highest BCUT2D eigenvalue weighted by atomic mass is 35.5. The molecule has 2 atom stereocenters. The Hall–Kier alpha value is -0.570. The summed E-state index contributed by atoms with van der Waals surface area (Å²) in [5.74, 6) is 0.294. The van der Waals surface area contributed by atoms with Gasteiger partial charge in [0.1, 0.15) is 17.3 Å². The van der Waals surface area contributed by atoms with E-state index in [1.165, 1.54) is 6.07 Å². The third-order valence-corrected chi connectivity index (χ3v) is 5.71. The Kier molecular flexibility index (Phi) is 10.2. The molecule has 0 amide bonds. The van der Waals surface area contributed by atoms with E-state index >= 15 is 0 Å². The molecule has 1 aromatic rings. The number of sulfonamides is 1. The van der Waals surface area contributed by atoms with E-state index in [9.17, 15) is 8.42 Å². The lowest BCUT2D eigenvalue weighted by Crippen LogP contribution is -2.38. The van der Waals surface area contributed by atoms with Gasteiger partial charge in [-0.2, -0.15) is 0 Å². The van der Waals surface area contributed by atoms with E-state index in [0.717, 1.165) is 32.4 Å². The lowest BCUT2D eigenvalue weighted by molar-refractivity contribution is -0.0116. The summed E-state index contributed by atoms with van der Waals surface area (Å²) < 4.78 is 39.3. The molecule has 1 heterocycles. The van der Waals surface area contributed by atoms with Gasteiger partial charge in [0, 0.05) is 24.2 Å². The molecule has 0 radical (unpaired) electrons. The molecule has 1 aliphatic rings. The Balaban J connectivity index is 0.00000338. The molecular formula is C17H28Cl2N2O4S. The van der Waals surface area contributed by atoms with Crippen LogP contribution in [0, 0.1) is 0 Å². The minimum atomic E-state index is -3.72. The third-order valence-electron chi connectivity index (χ3n) is 4.03. The first-order valence-corrected chi connectivity index (χ1v) is 10.6. The van der Waals surface area contributed by atoms with Crippen LogP contribution in [-0.2, 0) is 14.8 Å². The van der Waals surface area contributed by atoms with Gasteiger partial charge < -0.3 is 14.8 Å². The van der Waals surface area contributed by atoms with Crippen LogP contribution in [0.25, 0.3) is 0 Å². The normalized spacial score (nSPS) is 18.8. The van der Waals surface area contributed by atoms with Crippen molar-refractivity contribution in [2.75, 3.05) is 26.3 Å². The third kappa shape index (κ3) is 7.21. The predicted molar refractivity (Wildman–Crippen MR) is 106 cm³/mol. The largest absolute Gasteiger partial charge is 0.489 e. The van der Waals surface area contributed by atoms with Crippen molar-refractivity contribution in [2.45, 2.75) is 50.2 Å². The molecule has 1 saturated heterocycles. The van der Waals surface area contributed by atoms with Crippen molar-refractivity contribution in [2.24, 2.45) is 0 Å². The zero-order chi connectivity index (χ0) is 18.3. The highest BCUT2D eigenvalue weighted by Crippen LogP contribution is 2.28. The van der Waals surface area contributed by atoms with Gasteiger partial charge in [0.25, 0.3) is 0 Å². The number of nitrogens with one attached hydrogen (secondary N) is 2. The predicted octanol–water partition coefficient (Wildman–Crippen LogP) is 2.99. The number of hydrogen-bond acceptors (Lipinski definition) is 5. The summed E-state index contributed by atoms with van der Waals surface area (Å²) >= 11 is 6.00. The molecule has 2 N–H and O–H groups in total. The van der Waals surface area contributed by atoms with Gasteiger partial charge in [0.2, 0.25) is 10.0 Å². The summed E-state index contributed by atoms with van der Waals surface area (Å²) in [5.41, 5.74) is 0. The molecule has 1 aromatic carbocycles. The number of likely N-dealkylation sites (N-methyl/N-ethyl adjacent to an activating group) is 1. The average Bonchev–Trinajstić information content (AvgIpc) is 2.60. The van der Waals surface area contributed by atoms with Crippen LogP contribution in [0.15, 0.2) is 23.1 Å². The van der Waals surface area contributed by atoms with E-state index in [1.807, 2.05) is 13.8 Å². The summed E-state index contributed by atoms with van der Waals surface area (Å²) in [6.45, 7) is 6.01. The second-order valence-corrected chi connectivity index (χ2v) is 8.37. The fraction of sp³-hybridized carbons (Fsp3) is 0.647. The Morgan fingerprint density at radius 1 is 1.38 bits per heavy atom. The Labute approximate surface area is 167 Å². The lowest BCUT2D eigenvalue weighted by Gasteiger charge is -2.23. The molecule has 1 unspecified atom stereocenters. The van der Waals surface area contributed by atoms with Gasteiger partial charge in [-0.1, -0.05) is 18.5 Å². The number of rotatable bonds is 9. The molecule has 6 nitrogen and oxygen atoms in total. The first kappa shape index (κ1) is 23.5. The van der Waals surface area contributed by atoms with Crippen molar-refractivity contribution in [3.63, 3.8) is 0 Å². The van der Waals surface area contributed by atoms with E-state index < -0.39 is 10.0 Å². The van der Waals surface area contributed by atoms with Crippen LogP contribution in [0.5, 0.6) is 5.75 Å². The van der Waals surface area contributed by atoms with E-state index in [-0.39, 0.29) is 36.0 Å². The maximum atomic E-state index is 12.7. The first-order valence-electron chi connectivity index (χ1n) is 8.69.